The van der Waals surface area contributed by atoms with Gasteiger partial charge >= 0.3 is 23.9 Å². The van der Waals surface area contributed by atoms with E-state index < -0.39 is 30.0 Å². The molecule has 7 N–H and O–H groups in total. The van der Waals surface area contributed by atoms with Gasteiger partial charge in [0.2, 0.25) is 0 Å². The Morgan fingerprint density at radius 3 is 0.397 bits per heavy atom. The van der Waals surface area contributed by atoms with Crippen molar-refractivity contribution in [2.24, 2.45) is 0 Å². The van der Waals surface area contributed by atoms with E-state index in [2.05, 4.69) is 27.7 Å². The standard InChI is InChI=1S/4C16H32O2.C3H8O3/c4*1-2-3-4-5-6-7-8-9-10-11-12-13-14-15-16(17)18;4-1-3(6)2-5/h4*2-15H2,1H3,(H,17,18);3-6H,1-2H2. The minimum atomic E-state index is -0.954. The molecule has 0 bridgehead atoms. The van der Waals surface area contributed by atoms with Crippen LogP contribution in [0.3, 0.4) is 0 Å². The summed E-state index contributed by atoms with van der Waals surface area (Å²) >= 11 is 0. The first kappa shape index (κ1) is 84.6. The fraction of sp³-hybridized carbons (Fsp3) is 0.940. The van der Waals surface area contributed by atoms with Gasteiger partial charge in [-0.2, -0.15) is 0 Å². The first-order valence-electron chi connectivity index (χ1n) is 33.7. The summed E-state index contributed by atoms with van der Waals surface area (Å²) < 4.78 is 0. The van der Waals surface area contributed by atoms with Crippen molar-refractivity contribution >= 4 is 23.9 Å². The maximum absolute atomic E-state index is 10.3. The molecule has 0 amide bonds. The van der Waals surface area contributed by atoms with Crippen LogP contribution in [0.15, 0.2) is 0 Å². The number of carboxylic acids is 4. The summed E-state index contributed by atoms with van der Waals surface area (Å²) in [6.45, 7) is 8.31. The van der Waals surface area contributed by atoms with E-state index in [1.165, 1.54) is 283 Å². The molecule has 0 heterocycles. The Labute approximate surface area is 483 Å². The van der Waals surface area contributed by atoms with E-state index in [1.807, 2.05) is 0 Å². The van der Waals surface area contributed by atoms with Crippen LogP contribution in [0, 0.1) is 0 Å². The van der Waals surface area contributed by atoms with E-state index in [0.29, 0.717) is 25.7 Å². The molecule has 0 aliphatic rings. The van der Waals surface area contributed by atoms with Crippen LogP contribution < -0.4 is 0 Å². The molecular formula is C67H136O11. The summed E-state index contributed by atoms with van der Waals surface area (Å²) in [5.74, 6) is -2.62. The summed E-state index contributed by atoms with van der Waals surface area (Å²) in [5, 5.41) is 58.0. The number of rotatable bonds is 58. The summed E-state index contributed by atoms with van der Waals surface area (Å²) in [7, 11) is 0. The SMILES string of the molecule is CCCCCCCCCCCCCCCC(=O)O.CCCCCCCCCCCCCCCC(=O)O.CCCCCCCCCCCCCCCC(=O)O.CCCCCCCCCCCCCCCC(=O)O.OCC(O)CO. The lowest BCUT2D eigenvalue weighted by molar-refractivity contribution is -0.138. The highest BCUT2D eigenvalue weighted by molar-refractivity contribution is 5.67. The van der Waals surface area contributed by atoms with Gasteiger partial charge < -0.3 is 35.7 Å². The number of hydrogen-bond acceptors (Lipinski definition) is 7. The van der Waals surface area contributed by atoms with Crippen LogP contribution in [-0.2, 0) is 19.2 Å². The largest absolute Gasteiger partial charge is 0.481 e. The summed E-state index contributed by atoms with van der Waals surface area (Å²) in [5.41, 5.74) is 0. The van der Waals surface area contributed by atoms with Gasteiger partial charge in [0.25, 0.3) is 0 Å². The van der Waals surface area contributed by atoms with Gasteiger partial charge in [-0.1, -0.05) is 336 Å². The van der Waals surface area contributed by atoms with Crippen LogP contribution in [-0.4, -0.2) is 78.9 Å². The molecule has 11 heteroatoms. The van der Waals surface area contributed by atoms with Gasteiger partial charge in [-0.3, -0.25) is 19.2 Å². The second kappa shape index (κ2) is 81.2. The molecule has 0 saturated carbocycles. The van der Waals surface area contributed by atoms with Crippen molar-refractivity contribution in [1.82, 2.24) is 0 Å². The summed E-state index contributed by atoms with van der Waals surface area (Å²) in [6.07, 6.45) is 68.1. The molecule has 0 aromatic rings. The molecule has 11 nitrogen and oxygen atoms in total. The van der Waals surface area contributed by atoms with Gasteiger partial charge in [-0.25, -0.2) is 0 Å². The highest BCUT2D eigenvalue weighted by Gasteiger charge is 2.01. The van der Waals surface area contributed by atoms with Crippen molar-refractivity contribution in [2.75, 3.05) is 13.2 Å². The van der Waals surface area contributed by atoms with E-state index in [9.17, 15) is 19.2 Å². The lowest BCUT2D eigenvalue weighted by Gasteiger charge is -2.02. The molecule has 0 spiro atoms. The number of aliphatic carboxylic acids is 4. The molecule has 0 atom stereocenters. The molecule has 0 saturated heterocycles. The van der Waals surface area contributed by atoms with Gasteiger partial charge in [0.1, 0.15) is 6.10 Å². The number of unbranched alkanes of at least 4 members (excludes halogenated alkanes) is 48. The third-order valence-electron chi connectivity index (χ3n) is 14.4. The average molecular weight is 1120 g/mol. The average Bonchev–Trinajstić information content (AvgIpc) is 3.41. The maximum atomic E-state index is 10.3. The molecule has 0 aliphatic carbocycles. The Hall–Kier alpha value is -2.24. The van der Waals surface area contributed by atoms with Gasteiger partial charge in [0.15, 0.2) is 0 Å². The molecular weight excluding hydrogens is 981 g/mol. The molecule has 0 aliphatic heterocycles. The van der Waals surface area contributed by atoms with Crippen LogP contribution >= 0.6 is 0 Å². The smallest absolute Gasteiger partial charge is 0.303 e. The lowest BCUT2D eigenvalue weighted by atomic mass is 10.0. The zero-order chi connectivity index (χ0) is 58.9. The minimum absolute atomic E-state index is 0.345. The highest BCUT2D eigenvalue weighted by atomic mass is 16.4. The topological polar surface area (TPSA) is 210 Å². The summed E-state index contributed by atoms with van der Waals surface area (Å²) in [6, 6.07) is 0. The van der Waals surface area contributed by atoms with Crippen molar-refractivity contribution in [3.63, 3.8) is 0 Å². The number of carboxylic acid groups (broad SMARTS) is 4. The number of hydrogen-bond donors (Lipinski definition) is 7. The van der Waals surface area contributed by atoms with Gasteiger partial charge in [0.05, 0.1) is 13.2 Å². The van der Waals surface area contributed by atoms with Gasteiger partial charge in [0, 0.05) is 25.7 Å². The fourth-order valence-corrected chi connectivity index (χ4v) is 9.23. The van der Waals surface area contributed by atoms with Crippen molar-refractivity contribution < 1.29 is 54.9 Å². The molecule has 0 fully saturated rings. The zero-order valence-corrected chi connectivity index (χ0v) is 52.4. The monoisotopic (exact) mass is 1120 g/mol. The predicted octanol–water partition coefficient (Wildman–Crippen LogP) is 20.5. The number of aliphatic hydroxyl groups excluding tert-OH is 3. The molecule has 470 valence electrons. The van der Waals surface area contributed by atoms with Gasteiger partial charge in [-0.15, -0.1) is 0 Å². The van der Waals surface area contributed by atoms with Crippen LogP contribution in [0.5, 0.6) is 0 Å². The minimum Gasteiger partial charge on any atom is -0.481 e. The Kier molecular flexibility index (Phi) is 88.1. The second-order valence-electron chi connectivity index (χ2n) is 22.6. The van der Waals surface area contributed by atoms with E-state index in [4.69, 9.17) is 35.7 Å². The Morgan fingerprint density at radius 1 is 0.218 bits per heavy atom. The molecule has 78 heavy (non-hydrogen) atoms. The first-order valence-corrected chi connectivity index (χ1v) is 33.7. The maximum Gasteiger partial charge on any atom is 0.303 e. The molecule has 0 aromatic heterocycles. The normalized spacial score (nSPS) is 10.7. The molecule has 0 radical (unpaired) electrons. The molecule has 0 rings (SSSR count). The van der Waals surface area contributed by atoms with E-state index in [-0.39, 0.29) is 13.2 Å². The molecule has 0 unspecified atom stereocenters. The molecule has 0 aromatic carbocycles. The van der Waals surface area contributed by atoms with Crippen molar-refractivity contribution in [3.05, 3.63) is 0 Å². The highest BCUT2D eigenvalue weighted by Crippen LogP contribution is 2.17. The number of carbonyl (C=O) groups is 4. The quantitative estimate of drug-likeness (QED) is 0.0285. The number of aliphatic hydroxyl groups is 3. The first-order chi connectivity index (χ1) is 37.9. The van der Waals surface area contributed by atoms with Crippen molar-refractivity contribution in [2.45, 2.75) is 393 Å². The van der Waals surface area contributed by atoms with E-state index >= 15 is 0 Å². The van der Waals surface area contributed by atoms with Crippen LogP contribution in [0.1, 0.15) is 387 Å². The van der Waals surface area contributed by atoms with E-state index in [1.54, 1.807) is 0 Å². The van der Waals surface area contributed by atoms with Crippen LogP contribution in [0.25, 0.3) is 0 Å². The summed E-state index contributed by atoms with van der Waals surface area (Å²) in [4.78, 5) is 41.2. The Balaban J connectivity index is -0.000000293. The lowest BCUT2D eigenvalue weighted by Crippen LogP contribution is -2.15. The van der Waals surface area contributed by atoms with Crippen LogP contribution in [0.4, 0.5) is 0 Å². The second-order valence-corrected chi connectivity index (χ2v) is 22.6. The van der Waals surface area contributed by atoms with E-state index in [0.717, 1.165) is 51.4 Å². The fourth-order valence-electron chi connectivity index (χ4n) is 9.23. The van der Waals surface area contributed by atoms with Crippen LogP contribution in [0.2, 0.25) is 0 Å². The Morgan fingerprint density at radius 2 is 0.321 bits per heavy atom. The third kappa shape index (κ3) is 102. The van der Waals surface area contributed by atoms with Crippen molar-refractivity contribution in [1.29, 1.82) is 0 Å². The van der Waals surface area contributed by atoms with Crippen molar-refractivity contribution in [3.8, 4) is 0 Å². The Bertz CT molecular complexity index is 955. The third-order valence-corrected chi connectivity index (χ3v) is 14.4. The zero-order valence-electron chi connectivity index (χ0n) is 52.4. The predicted molar refractivity (Wildman–Crippen MR) is 332 cm³/mol. The van der Waals surface area contributed by atoms with Gasteiger partial charge in [-0.05, 0) is 25.7 Å².